The molecule has 3 rings (SSSR count). The molecule has 1 aliphatic heterocycles. The second-order valence-corrected chi connectivity index (χ2v) is 5.65. The molecule has 4 heteroatoms. The summed E-state index contributed by atoms with van der Waals surface area (Å²) in [5.41, 5.74) is 6.01. The lowest BCUT2D eigenvalue weighted by atomic mass is 10.1. The number of pyridine rings is 1. The van der Waals surface area contributed by atoms with E-state index >= 15 is 0 Å². The van der Waals surface area contributed by atoms with Gasteiger partial charge in [0.1, 0.15) is 11.6 Å². The molecule has 2 N–H and O–H groups in total. The van der Waals surface area contributed by atoms with Crippen LogP contribution in [0.5, 0.6) is 5.75 Å². The molecule has 0 aliphatic carbocycles. The van der Waals surface area contributed by atoms with Gasteiger partial charge in [0.25, 0.3) is 0 Å². The first-order valence-corrected chi connectivity index (χ1v) is 7.73. The van der Waals surface area contributed by atoms with Crippen molar-refractivity contribution < 1.29 is 4.74 Å². The molecule has 1 aromatic carbocycles. The molecule has 4 nitrogen and oxygen atoms in total. The van der Waals surface area contributed by atoms with Crippen molar-refractivity contribution in [2.45, 2.75) is 31.7 Å². The minimum absolute atomic E-state index is 0.386. The predicted octanol–water partition coefficient (Wildman–Crippen LogP) is 2.95. The van der Waals surface area contributed by atoms with Gasteiger partial charge in [-0.15, -0.1) is 0 Å². The Morgan fingerprint density at radius 3 is 3.00 bits per heavy atom. The molecule has 1 aliphatic rings. The second-order valence-electron chi connectivity index (χ2n) is 5.65. The maximum absolute atomic E-state index is 6.01. The third kappa shape index (κ3) is 2.81. The first kappa shape index (κ1) is 14.1. The number of fused-ring (bicyclic) bond motifs is 1. The molecule has 0 bridgehead atoms. The zero-order valence-electron chi connectivity index (χ0n) is 12.6. The lowest BCUT2D eigenvalue weighted by molar-refractivity contribution is 0.415. The van der Waals surface area contributed by atoms with Crippen molar-refractivity contribution in [2.24, 2.45) is 5.73 Å². The molecular formula is C17H23N3O. The normalized spacial score (nSPS) is 19.5. The van der Waals surface area contributed by atoms with Crippen LogP contribution < -0.4 is 15.4 Å². The van der Waals surface area contributed by atoms with Gasteiger partial charge in [-0.05, 0) is 36.4 Å². The van der Waals surface area contributed by atoms with Crippen molar-refractivity contribution in [2.75, 3.05) is 25.1 Å². The Hall–Kier alpha value is -1.81. The topological polar surface area (TPSA) is 51.4 Å². The number of aromatic nitrogens is 1. The third-order valence-corrected chi connectivity index (χ3v) is 4.37. The molecule has 0 radical (unpaired) electrons. The van der Waals surface area contributed by atoms with E-state index in [1.807, 2.05) is 18.3 Å². The van der Waals surface area contributed by atoms with E-state index in [4.69, 9.17) is 10.5 Å². The van der Waals surface area contributed by atoms with Crippen LogP contribution in [0.2, 0.25) is 0 Å². The summed E-state index contributed by atoms with van der Waals surface area (Å²) in [5.74, 6) is 1.92. The first-order valence-electron chi connectivity index (χ1n) is 7.73. The van der Waals surface area contributed by atoms with Gasteiger partial charge in [-0.2, -0.15) is 0 Å². The number of hydrogen-bond donors (Lipinski definition) is 1. The van der Waals surface area contributed by atoms with Crippen molar-refractivity contribution in [1.29, 1.82) is 0 Å². The number of nitrogens with two attached hydrogens (primary N) is 1. The number of hydrogen-bond acceptors (Lipinski definition) is 4. The van der Waals surface area contributed by atoms with Gasteiger partial charge in [-0.1, -0.05) is 18.9 Å². The van der Waals surface area contributed by atoms with E-state index in [-0.39, 0.29) is 0 Å². The number of rotatable bonds is 3. The van der Waals surface area contributed by atoms with Crippen LogP contribution in [0.4, 0.5) is 5.82 Å². The van der Waals surface area contributed by atoms with Crippen LogP contribution in [-0.4, -0.2) is 31.2 Å². The van der Waals surface area contributed by atoms with E-state index < -0.39 is 0 Å². The molecule has 0 saturated carbocycles. The van der Waals surface area contributed by atoms with Crippen LogP contribution in [0.1, 0.15) is 25.7 Å². The van der Waals surface area contributed by atoms with E-state index in [2.05, 4.69) is 22.0 Å². The highest BCUT2D eigenvalue weighted by Crippen LogP contribution is 2.31. The molecule has 1 unspecified atom stereocenters. The van der Waals surface area contributed by atoms with E-state index in [9.17, 15) is 0 Å². The standard InChI is InChI=1S/C17H23N3O/c1-21-15-7-6-13-8-9-19-17(16(13)11-15)20-10-4-2-3-5-14(20)12-18/h6-9,11,14H,2-5,10,12,18H2,1H3. The Kier molecular flexibility index (Phi) is 4.25. The number of anilines is 1. The molecule has 2 aromatic rings. The van der Waals surface area contributed by atoms with Crippen molar-refractivity contribution in [1.82, 2.24) is 4.98 Å². The van der Waals surface area contributed by atoms with Gasteiger partial charge in [-0.25, -0.2) is 4.98 Å². The van der Waals surface area contributed by atoms with Gasteiger partial charge in [0.15, 0.2) is 0 Å². The van der Waals surface area contributed by atoms with Crippen LogP contribution in [0.25, 0.3) is 10.8 Å². The maximum Gasteiger partial charge on any atom is 0.136 e. The van der Waals surface area contributed by atoms with Crippen LogP contribution in [0.3, 0.4) is 0 Å². The van der Waals surface area contributed by atoms with Crippen molar-refractivity contribution >= 4 is 16.6 Å². The van der Waals surface area contributed by atoms with Gasteiger partial charge in [-0.3, -0.25) is 0 Å². The molecule has 1 aromatic heterocycles. The fourth-order valence-corrected chi connectivity index (χ4v) is 3.19. The van der Waals surface area contributed by atoms with Crippen LogP contribution in [0.15, 0.2) is 30.5 Å². The Bertz CT molecular complexity index is 614. The predicted molar refractivity (Wildman–Crippen MR) is 87.0 cm³/mol. The molecular weight excluding hydrogens is 262 g/mol. The smallest absolute Gasteiger partial charge is 0.136 e. The molecule has 112 valence electrons. The average molecular weight is 285 g/mol. The highest BCUT2D eigenvalue weighted by atomic mass is 16.5. The second kappa shape index (κ2) is 6.31. The molecule has 2 heterocycles. The van der Waals surface area contributed by atoms with Crippen LogP contribution in [0, 0.1) is 0 Å². The van der Waals surface area contributed by atoms with Crippen molar-refractivity contribution in [3.63, 3.8) is 0 Å². The molecule has 0 amide bonds. The number of benzene rings is 1. The zero-order valence-corrected chi connectivity index (χ0v) is 12.6. The fourth-order valence-electron chi connectivity index (χ4n) is 3.19. The van der Waals surface area contributed by atoms with E-state index in [1.54, 1.807) is 7.11 Å². The summed E-state index contributed by atoms with van der Waals surface area (Å²) < 4.78 is 5.37. The van der Waals surface area contributed by atoms with Crippen molar-refractivity contribution in [3.05, 3.63) is 30.5 Å². The minimum Gasteiger partial charge on any atom is -0.497 e. The van der Waals surface area contributed by atoms with Crippen LogP contribution >= 0.6 is 0 Å². The summed E-state index contributed by atoms with van der Waals surface area (Å²) in [6, 6.07) is 8.60. The van der Waals surface area contributed by atoms with Gasteiger partial charge < -0.3 is 15.4 Å². The lowest BCUT2D eigenvalue weighted by Crippen LogP contribution is -2.40. The first-order chi connectivity index (χ1) is 10.3. The van der Waals surface area contributed by atoms with E-state index in [0.717, 1.165) is 29.9 Å². The zero-order chi connectivity index (χ0) is 14.7. The van der Waals surface area contributed by atoms with E-state index in [0.29, 0.717) is 12.6 Å². The number of ether oxygens (including phenoxy) is 1. The quantitative estimate of drug-likeness (QED) is 0.942. The molecule has 21 heavy (non-hydrogen) atoms. The Morgan fingerprint density at radius 2 is 2.19 bits per heavy atom. The summed E-state index contributed by atoms with van der Waals surface area (Å²) in [7, 11) is 1.70. The highest BCUT2D eigenvalue weighted by molar-refractivity contribution is 5.93. The number of methoxy groups -OCH3 is 1. The van der Waals surface area contributed by atoms with E-state index in [1.165, 1.54) is 24.6 Å². The Morgan fingerprint density at radius 1 is 1.29 bits per heavy atom. The van der Waals surface area contributed by atoms with Gasteiger partial charge in [0.05, 0.1) is 7.11 Å². The van der Waals surface area contributed by atoms with Crippen LogP contribution in [-0.2, 0) is 0 Å². The summed E-state index contributed by atoms with van der Waals surface area (Å²) in [6.07, 6.45) is 6.78. The summed E-state index contributed by atoms with van der Waals surface area (Å²) in [4.78, 5) is 7.06. The highest BCUT2D eigenvalue weighted by Gasteiger charge is 2.22. The monoisotopic (exact) mass is 285 g/mol. The Labute approximate surface area is 125 Å². The molecule has 1 saturated heterocycles. The Balaban J connectivity index is 2.08. The fraction of sp³-hybridized carbons (Fsp3) is 0.471. The lowest BCUT2D eigenvalue weighted by Gasteiger charge is -2.31. The largest absolute Gasteiger partial charge is 0.497 e. The van der Waals surface area contributed by atoms with Gasteiger partial charge in [0.2, 0.25) is 0 Å². The molecule has 1 fully saturated rings. The molecule has 0 spiro atoms. The molecule has 1 atom stereocenters. The minimum atomic E-state index is 0.386. The van der Waals surface area contributed by atoms with Gasteiger partial charge in [0, 0.05) is 30.7 Å². The average Bonchev–Trinajstić information content (AvgIpc) is 2.78. The third-order valence-electron chi connectivity index (χ3n) is 4.37. The summed E-state index contributed by atoms with van der Waals surface area (Å²) in [6.45, 7) is 1.72. The van der Waals surface area contributed by atoms with Gasteiger partial charge >= 0.3 is 0 Å². The maximum atomic E-state index is 6.01. The number of nitrogens with zero attached hydrogens (tertiary/aromatic N) is 2. The SMILES string of the molecule is COc1ccc2ccnc(N3CCCCCC3CN)c2c1. The van der Waals surface area contributed by atoms with Crippen molar-refractivity contribution in [3.8, 4) is 5.75 Å². The summed E-state index contributed by atoms with van der Waals surface area (Å²) >= 11 is 0. The summed E-state index contributed by atoms with van der Waals surface area (Å²) in [5, 5.41) is 2.35.